The van der Waals surface area contributed by atoms with Gasteiger partial charge in [0.25, 0.3) is 0 Å². The van der Waals surface area contributed by atoms with Crippen LogP contribution in [0.5, 0.6) is 0 Å². The number of carbonyl (C=O) groups is 1. The second-order valence-corrected chi connectivity index (χ2v) is 4.74. The molecule has 0 spiro atoms. The molecule has 0 bridgehead atoms. The van der Waals surface area contributed by atoms with Crippen LogP contribution in [-0.2, 0) is 4.79 Å². The van der Waals surface area contributed by atoms with Crippen LogP contribution in [0, 0.1) is 11.6 Å². The highest BCUT2D eigenvalue weighted by atomic mass is 19.1. The van der Waals surface area contributed by atoms with E-state index in [9.17, 15) is 13.6 Å². The number of rotatable bonds is 4. The van der Waals surface area contributed by atoms with E-state index in [-0.39, 0.29) is 23.1 Å². The minimum Gasteiger partial charge on any atom is -0.478 e. The standard InChI is InChI=1S/C17H14F2O2/c1-11(17(20)21)10-16(12-2-6-14(18)7-3-12)13-4-8-15(19)9-5-13/h2-10,16H,1H3,(H,20,21). The van der Waals surface area contributed by atoms with Crippen molar-refractivity contribution in [2.24, 2.45) is 0 Å². The summed E-state index contributed by atoms with van der Waals surface area (Å²) in [4.78, 5) is 11.0. The second-order valence-electron chi connectivity index (χ2n) is 4.74. The van der Waals surface area contributed by atoms with E-state index in [1.807, 2.05) is 0 Å². The Morgan fingerprint density at radius 3 is 1.67 bits per heavy atom. The number of halogens is 2. The summed E-state index contributed by atoms with van der Waals surface area (Å²) in [6.07, 6.45) is 1.57. The minimum absolute atomic E-state index is 0.175. The van der Waals surface area contributed by atoms with Crippen LogP contribution in [0.4, 0.5) is 8.78 Å². The summed E-state index contributed by atoms with van der Waals surface area (Å²) in [7, 11) is 0. The predicted molar refractivity (Wildman–Crippen MR) is 76.0 cm³/mol. The van der Waals surface area contributed by atoms with Crippen LogP contribution < -0.4 is 0 Å². The molecule has 0 saturated carbocycles. The number of benzene rings is 2. The zero-order chi connectivity index (χ0) is 15.4. The van der Waals surface area contributed by atoms with Crippen LogP contribution >= 0.6 is 0 Å². The Balaban J connectivity index is 2.48. The van der Waals surface area contributed by atoms with Crippen LogP contribution in [-0.4, -0.2) is 11.1 Å². The maximum absolute atomic E-state index is 13.0. The Labute approximate surface area is 121 Å². The number of allylic oxidation sites excluding steroid dienone is 1. The molecule has 2 aromatic rings. The van der Waals surface area contributed by atoms with Gasteiger partial charge in [-0.25, -0.2) is 13.6 Å². The zero-order valence-corrected chi connectivity index (χ0v) is 11.4. The molecule has 21 heavy (non-hydrogen) atoms. The molecule has 1 N–H and O–H groups in total. The van der Waals surface area contributed by atoms with Gasteiger partial charge in [-0.3, -0.25) is 0 Å². The molecule has 108 valence electrons. The highest BCUT2D eigenvalue weighted by Gasteiger charge is 2.14. The predicted octanol–water partition coefficient (Wildman–Crippen LogP) is 4.13. The maximum Gasteiger partial charge on any atom is 0.330 e. The van der Waals surface area contributed by atoms with Gasteiger partial charge in [0.05, 0.1) is 0 Å². The first-order valence-corrected chi connectivity index (χ1v) is 6.40. The van der Waals surface area contributed by atoms with Gasteiger partial charge in [0.1, 0.15) is 11.6 Å². The SMILES string of the molecule is CC(=CC(c1ccc(F)cc1)c1ccc(F)cc1)C(=O)O. The summed E-state index contributed by atoms with van der Waals surface area (Å²) in [5, 5.41) is 9.02. The van der Waals surface area contributed by atoms with Crippen molar-refractivity contribution in [1.29, 1.82) is 0 Å². The number of aliphatic carboxylic acids is 1. The van der Waals surface area contributed by atoms with Gasteiger partial charge in [-0.1, -0.05) is 30.3 Å². The van der Waals surface area contributed by atoms with Gasteiger partial charge in [0, 0.05) is 11.5 Å². The Hall–Kier alpha value is -2.49. The molecule has 4 heteroatoms. The van der Waals surface area contributed by atoms with Crippen molar-refractivity contribution < 1.29 is 18.7 Å². The topological polar surface area (TPSA) is 37.3 Å². The molecule has 0 aliphatic carbocycles. The fourth-order valence-electron chi connectivity index (χ4n) is 2.05. The lowest BCUT2D eigenvalue weighted by molar-refractivity contribution is -0.132. The van der Waals surface area contributed by atoms with Crippen molar-refractivity contribution in [3.63, 3.8) is 0 Å². The molecule has 0 radical (unpaired) electrons. The third-order valence-corrected chi connectivity index (χ3v) is 3.21. The van der Waals surface area contributed by atoms with Crippen molar-refractivity contribution >= 4 is 5.97 Å². The van der Waals surface area contributed by atoms with Crippen LogP contribution in [0.2, 0.25) is 0 Å². The van der Waals surface area contributed by atoms with Crippen LogP contribution in [0.1, 0.15) is 24.0 Å². The monoisotopic (exact) mass is 288 g/mol. The average Bonchev–Trinajstić information content (AvgIpc) is 2.46. The summed E-state index contributed by atoms with van der Waals surface area (Å²) in [6, 6.07) is 11.6. The first-order valence-electron chi connectivity index (χ1n) is 6.40. The van der Waals surface area contributed by atoms with E-state index in [0.29, 0.717) is 0 Å². The fraction of sp³-hybridized carbons (Fsp3) is 0.118. The summed E-state index contributed by atoms with van der Waals surface area (Å²) in [5.74, 6) is -2.13. The Bertz CT molecular complexity index is 613. The summed E-state index contributed by atoms with van der Waals surface area (Å²) in [6.45, 7) is 1.49. The maximum atomic E-state index is 13.0. The molecule has 0 aliphatic heterocycles. The quantitative estimate of drug-likeness (QED) is 0.859. The lowest BCUT2D eigenvalue weighted by atomic mass is 9.89. The molecule has 0 atom stereocenters. The molecule has 2 rings (SSSR count). The zero-order valence-electron chi connectivity index (χ0n) is 11.4. The van der Waals surface area contributed by atoms with E-state index in [4.69, 9.17) is 5.11 Å². The highest BCUT2D eigenvalue weighted by molar-refractivity contribution is 5.86. The Kier molecular flexibility index (Phi) is 4.48. The van der Waals surface area contributed by atoms with Crippen molar-refractivity contribution in [3.05, 3.63) is 82.9 Å². The van der Waals surface area contributed by atoms with E-state index in [2.05, 4.69) is 0 Å². The summed E-state index contributed by atoms with van der Waals surface area (Å²) < 4.78 is 26.1. The van der Waals surface area contributed by atoms with Crippen molar-refractivity contribution in [2.75, 3.05) is 0 Å². The normalized spacial score (nSPS) is 11.7. The lowest BCUT2D eigenvalue weighted by Crippen LogP contribution is -2.03. The van der Waals surface area contributed by atoms with Gasteiger partial charge >= 0.3 is 5.97 Å². The van der Waals surface area contributed by atoms with Gasteiger partial charge in [-0.2, -0.15) is 0 Å². The van der Waals surface area contributed by atoms with E-state index in [1.54, 1.807) is 30.3 Å². The van der Waals surface area contributed by atoms with Gasteiger partial charge in [0.15, 0.2) is 0 Å². The van der Waals surface area contributed by atoms with Crippen molar-refractivity contribution in [1.82, 2.24) is 0 Å². The largest absolute Gasteiger partial charge is 0.478 e. The van der Waals surface area contributed by atoms with E-state index in [1.165, 1.54) is 31.2 Å². The molecule has 0 fully saturated rings. The first kappa shape index (κ1) is 14.9. The Morgan fingerprint density at radius 1 is 0.952 bits per heavy atom. The Morgan fingerprint density at radius 2 is 1.33 bits per heavy atom. The van der Waals surface area contributed by atoms with Crippen molar-refractivity contribution in [2.45, 2.75) is 12.8 Å². The molecule has 0 heterocycles. The van der Waals surface area contributed by atoms with Gasteiger partial charge in [0.2, 0.25) is 0 Å². The molecule has 2 nitrogen and oxygen atoms in total. The van der Waals surface area contributed by atoms with E-state index >= 15 is 0 Å². The number of carboxylic acids is 1. The smallest absolute Gasteiger partial charge is 0.330 e. The molecule has 0 saturated heterocycles. The van der Waals surface area contributed by atoms with Crippen molar-refractivity contribution in [3.8, 4) is 0 Å². The van der Waals surface area contributed by atoms with Crippen LogP contribution in [0.3, 0.4) is 0 Å². The molecule has 2 aromatic carbocycles. The second kappa shape index (κ2) is 6.31. The minimum atomic E-state index is -1.02. The molecular formula is C17H14F2O2. The molecule has 0 aliphatic rings. The van der Waals surface area contributed by atoms with Gasteiger partial charge < -0.3 is 5.11 Å². The lowest BCUT2D eigenvalue weighted by Gasteiger charge is -2.15. The molecule has 0 amide bonds. The van der Waals surface area contributed by atoms with Crippen LogP contribution in [0.15, 0.2) is 60.2 Å². The molecule has 0 aromatic heterocycles. The highest BCUT2D eigenvalue weighted by Crippen LogP contribution is 2.27. The third kappa shape index (κ3) is 3.75. The average molecular weight is 288 g/mol. The fourth-order valence-corrected chi connectivity index (χ4v) is 2.05. The third-order valence-electron chi connectivity index (χ3n) is 3.21. The number of carboxylic acid groups (broad SMARTS) is 1. The molecule has 0 unspecified atom stereocenters. The van der Waals surface area contributed by atoms with Crippen LogP contribution in [0.25, 0.3) is 0 Å². The number of hydrogen-bond donors (Lipinski definition) is 1. The van der Waals surface area contributed by atoms with E-state index < -0.39 is 5.97 Å². The van der Waals surface area contributed by atoms with Gasteiger partial charge in [-0.05, 0) is 42.3 Å². The number of hydrogen-bond acceptors (Lipinski definition) is 1. The summed E-state index contributed by atoms with van der Waals surface area (Å²) >= 11 is 0. The molecular weight excluding hydrogens is 274 g/mol. The first-order chi connectivity index (χ1) is 9.97. The summed E-state index contributed by atoms with van der Waals surface area (Å²) in [5.41, 5.74) is 1.65. The van der Waals surface area contributed by atoms with Gasteiger partial charge in [-0.15, -0.1) is 0 Å². The van der Waals surface area contributed by atoms with E-state index in [0.717, 1.165) is 11.1 Å².